The van der Waals surface area contributed by atoms with Gasteiger partial charge in [-0.25, -0.2) is 0 Å². The first kappa shape index (κ1) is 11.1. The first-order valence-electron chi connectivity index (χ1n) is 4.43. The molecule has 0 heterocycles. The van der Waals surface area contributed by atoms with Crippen molar-refractivity contribution in [2.45, 2.75) is 13.8 Å². The van der Waals surface area contributed by atoms with E-state index in [9.17, 15) is 4.79 Å². The SMILES string of the molecule is [CH2]c1cc(NC(=O)C(C)C)ccc1Cl. The van der Waals surface area contributed by atoms with Gasteiger partial charge in [0.05, 0.1) is 0 Å². The molecule has 2 nitrogen and oxygen atoms in total. The largest absolute Gasteiger partial charge is 0.326 e. The third kappa shape index (κ3) is 2.74. The molecule has 0 saturated heterocycles. The molecular weight excluding hydrogens is 198 g/mol. The van der Waals surface area contributed by atoms with E-state index in [1.54, 1.807) is 18.2 Å². The van der Waals surface area contributed by atoms with Crippen LogP contribution in [0.15, 0.2) is 18.2 Å². The van der Waals surface area contributed by atoms with Crippen molar-refractivity contribution < 1.29 is 4.79 Å². The lowest BCUT2D eigenvalue weighted by Gasteiger charge is -2.08. The van der Waals surface area contributed by atoms with Gasteiger partial charge in [-0.2, -0.15) is 0 Å². The lowest BCUT2D eigenvalue weighted by Crippen LogP contribution is -2.17. The lowest BCUT2D eigenvalue weighted by molar-refractivity contribution is -0.118. The van der Waals surface area contributed by atoms with E-state index in [2.05, 4.69) is 12.2 Å². The van der Waals surface area contributed by atoms with Crippen molar-refractivity contribution in [2.24, 2.45) is 5.92 Å². The lowest BCUT2D eigenvalue weighted by atomic mass is 10.2. The molecular formula is C11H13ClNO. The van der Waals surface area contributed by atoms with Gasteiger partial charge in [-0.3, -0.25) is 4.79 Å². The van der Waals surface area contributed by atoms with Gasteiger partial charge in [-0.05, 0) is 30.7 Å². The Hall–Kier alpha value is -1.02. The van der Waals surface area contributed by atoms with E-state index in [0.29, 0.717) is 10.6 Å². The van der Waals surface area contributed by atoms with Gasteiger partial charge < -0.3 is 5.32 Å². The van der Waals surface area contributed by atoms with Crippen LogP contribution in [0, 0.1) is 12.8 Å². The number of carbonyl (C=O) groups excluding carboxylic acids is 1. The molecule has 1 aromatic carbocycles. The van der Waals surface area contributed by atoms with Crippen LogP contribution in [0.25, 0.3) is 0 Å². The van der Waals surface area contributed by atoms with Crippen LogP contribution >= 0.6 is 11.6 Å². The molecule has 0 aliphatic heterocycles. The summed E-state index contributed by atoms with van der Waals surface area (Å²) in [7, 11) is 0. The van der Waals surface area contributed by atoms with E-state index < -0.39 is 0 Å². The summed E-state index contributed by atoms with van der Waals surface area (Å²) in [6.07, 6.45) is 0. The molecule has 0 aliphatic rings. The summed E-state index contributed by atoms with van der Waals surface area (Å²) in [4.78, 5) is 11.3. The molecule has 75 valence electrons. The highest BCUT2D eigenvalue weighted by Gasteiger charge is 2.07. The predicted molar refractivity (Wildman–Crippen MR) is 59.4 cm³/mol. The Bertz CT molecular complexity index is 347. The molecule has 0 saturated carbocycles. The first-order valence-corrected chi connectivity index (χ1v) is 4.81. The summed E-state index contributed by atoms with van der Waals surface area (Å²) in [6.45, 7) is 7.44. The van der Waals surface area contributed by atoms with Crippen molar-refractivity contribution >= 4 is 23.2 Å². The highest BCUT2D eigenvalue weighted by atomic mass is 35.5. The quantitative estimate of drug-likeness (QED) is 0.799. The molecule has 1 aromatic rings. The molecule has 1 N–H and O–H groups in total. The summed E-state index contributed by atoms with van der Waals surface area (Å²) < 4.78 is 0. The molecule has 0 atom stereocenters. The Kier molecular flexibility index (Phi) is 3.53. The smallest absolute Gasteiger partial charge is 0.226 e. The van der Waals surface area contributed by atoms with Crippen molar-refractivity contribution in [1.82, 2.24) is 0 Å². The van der Waals surface area contributed by atoms with E-state index in [4.69, 9.17) is 11.6 Å². The number of nitrogens with one attached hydrogen (secondary N) is 1. The van der Waals surface area contributed by atoms with Gasteiger partial charge in [-0.1, -0.05) is 25.4 Å². The standard InChI is InChI=1S/C11H13ClNO/c1-7(2)11(14)13-9-4-5-10(12)8(3)6-9/h4-7H,3H2,1-2H3,(H,13,14). The highest BCUT2D eigenvalue weighted by molar-refractivity contribution is 6.31. The van der Waals surface area contributed by atoms with Crippen molar-refractivity contribution in [3.05, 3.63) is 35.7 Å². The number of benzene rings is 1. The minimum atomic E-state index is -0.0288. The number of anilines is 1. The number of rotatable bonds is 2. The molecule has 0 aliphatic carbocycles. The minimum Gasteiger partial charge on any atom is -0.326 e. The summed E-state index contributed by atoms with van der Waals surface area (Å²) in [6, 6.07) is 5.24. The molecule has 14 heavy (non-hydrogen) atoms. The zero-order chi connectivity index (χ0) is 10.7. The fourth-order valence-corrected chi connectivity index (χ4v) is 1.06. The fourth-order valence-electron chi connectivity index (χ4n) is 0.939. The monoisotopic (exact) mass is 210 g/mol. The second kappa shape index (κ2) is 4.47. The minimum absolute atomic E-state index is 0.00766. The zero-order valence-electron chi connectivity index (χ0n) is 8.30. The summed E-state index contributed by atoms with van der Waals surface area (Å²) in [5.41, 5.74) is 1.45. The van der Waals surface area contributed by atoms with Gasteiger partial charge in [0.25, 0.3) is 0 Å². The average molecular weight is 211 g/mol. The molecule has 1 radical (unpaired) electrons. The van der Waals surface area contributed by atoms with Gasteiger partial charge in [-0.15, -0.1) is 0 Å². The Morgan fingerprint density at radius 3 is 2.64 bits per heavy atom. The second-order valence-corrected chi connectivity index (χ2v) is 3.86. The third-order valence-electron chi connectivity index (χ3n) is 1.84. The molecule has 0 fully saturated rings. The van der Waals surface area contributed by atoms with Crippen molar-refractivity contribution in [3.63, 3.8) is 0 Å². The van der Waals surface area contributed by atoms with Crippen LogP contribution in [0.4, 0.5) is 5.69 Å². The summed E-state index contributed by atoms with van der Waals surface area (Å²) >= 11 is 5.80. The molecule has 0 aromatic heterocycles. The van der Waals surface area contributed by atoms with Crippen LogP contribution in [0.2, 0.25) is 5.02 Å². The second-order valence-electron chi connectivity index (χ2n) is 3.45. The van der Waals surface area contributed by atoms with E-state index in [0.717, 1.165) is 5.69 Å². The van der Waals surface area contributed by atoms with Crippen LogP contribution in [0.5, 0.6) is 0 Å². The average Bonchev–Trinajstić information content (AvgIpc) is 2.11. The summed E-state index contributed by atoms with van der Waals surface area (Å²) in [5.74, 6) is -0.0364. The van der Waals surface area contributed by atoms with E-state index in [1.165, 1.54) is 0 Å². The maximum Gasteiger partial charge on any atom is 0.226 e. The van der Waals surface area contributed by atoms with Crippen LogP contribution in [-0.2, 0) is 4.79 Å². The Balaban J connectivity index is 2.78. The molecule has 0 spiro atoms. The number of amides is 1. The van der Waals surface area contributed by atoms with Crippen LogP contribution < -0.4 is 5.32 Å². The number of halogens is 1. The van der Waals surface area contributed by atoms with E-state index in [1.807, 2.05) is 13.8 Å². The fraction of sp³-hybridized carbons (Fsp3) is 0.273. The zero-order valence-corrected chi connectivity index (χ0v) is 9.06. The topological polar surface area (TPSA) is 29.1 Å². The molecule has 0 bridgehead atoms. The number of carbonyl (C=O) groups is 1. The van der Waals surface area contributed by atoms with Crippen molar-refractivity contribution in [1.29, 1.82) is 0 Å². The third-order valence-corrected chi connectivity index (χ3v) is 2.21. The molecule has 3 heteroatoms. The molecule has 0 unspecified atom stereocenters. The van der Waals surface area contributed by atoms with Crippen LogP contribution in [-0.4, -0.2) is 5.91 Å². The predicted octanol–water partition coefficient (Wildman–Crippen LogP) is 3.12. The van der Waals surface area contributed by atoms with E-state index >= 15 is 0 Å². The number of hydrogen-bond donors (Lipinski definition) is 1. The molecule has 1 rings (SSSR count). The summed E-state index contributed by atoms with van der Waals surface area (Å²) in [5, 5.41) is 3.38. The molecule has 1 amide bonds. The van der Waals surface area contributed by atoms with Crippen molar-refractivity contribution in [3.8, 4) is 0 Å². The van der Waals surface area contributed by atoms with Gasteiger partial charge >= 0.3 is 0 Å². The van der Waals surface area contributed by atoms with Crippen LogP contribution in [0.1, 0.15) is 19.4 Å². The first-order chi connectivity index (χ1) is 6.50. The number of hydrogen-bond acceptors (Lipinski definition) is 1. The maximum absolute atomic E-state index is 11.3. The van der Waals surface area contributed by atoms with Crippen molar-refractivity contribution in [2.75, 3.05) is 5.32 Å². The van der Waals surface area contributed by atoms with Gasteiger partial charge in [0.1, 0.15) is 0 Å². The van der Waals surface area contributed by atoms with Crippen LogP contribution in [0.3, 0.4) is 0 Å². The van der Waals surface area contributed by atoms with E-state index in [-0.39, 0.29) is 11.8 Å². The van der Waals surface area contributed by atoms with Gasteiger partial charge in [0.15, 0.2) is 0 Å². The Labute approximate surface area is 89.3 Å². The van der Waals surface area contributed by atoms with Gasteiger partial charge in [0.2, 0.25) is 5.91 Å². The Morgan fingerprint density at radius 1 is 1.50 bits per heavy atom. The van der Waals surface area contributed by atoms with Gasteiger partial charge in [0, 0.05) is 16.6 Å². The maximum atomic E-state index is 11.3. The Morgan fingerprint density at radius 2 is 2.14 bits per heavy atom. The normalized spacial score (nSPS) is 10.4. The highest BCUT2D eigenvalue weighted by Crippen LogP contribution is 2.19.